The van der Waals surface area contributed by atoms with Crippen molar-refractivity contribution in [3.8, 4) is 0 Å². The third kappa shape index (κ3) is 3.84. The number of hydrogen-bond acceptors (Lipinski definition) is 5. The minimum Gasteiger partial charge on any atom is -0.347 e. The highest BCUT2D eigenvalue weighted by atomic mass is 32.2. The summed E-state index contributed by atoms with van der Waals surface area (Å²) >= 11 is 3.04. The van der Waals surface area contributed by atoms with Crippen LogP contribution in [-0.4, -0.2) is 41.8 Å². The van der Waals surface area contributed by atoms with Crippen molar-refractivity contribution < 1.29 is 9.59 Å². The minimum atomic E-state index is 0.0253. The van der Waals surface area contributed by atoms with Crippen LogP contribution in [0.3, 0.4) is 0 Å². The number of nitrogens with one attached hydrogen (secondary N) is 1. The van der Waals surface area contributed by atoms with Gasteiger partial charge in [0.25, 0.3) is 5.91 Å². The normalized spacial score (nSPS) is 26.7. The number of ketones is 1. The molecule has 0 aliphatic carbocycles. The fourth-order valence-electron chi connectivity index (χ4n) is 4.22. The van der Waals surface area contributed by atoms with Crippen molar-refractivity contribution in [3.63, 3.8) is 0 Å². The van der Waals surface area contributed by atoms with Gasteiger partial charge in [0.15, 0.2) is 5.78 Å². The van der Waals surface area contributed by atoms with Crippen LogP contribution in [-0.2, 0) is 0 Å². The topological polar surface area (TPSA) is 49.4 Å². The van der Waals surface area contributed by atoms with Crippen molar-refractivity contribution in [1.29, 1.82) is 0 Å². The van der Waals surface area contributed by atoms with Gasteiger partial charge in [-0.3, -0.25) is 14.5 Å². The minimum absolute atomic E-state index is 0.0253. The molecule has 6 heteroatoms. The number of thiophene rings is 1. The Bertz CT molecular complexity index is 853. The molecule has 2 atom stereocenters. The lowest BCUT2D eigenvalue weighted by Gasteiger charge is -2.49. The van der Waals surface area contributed by atoms with Crippen LogP contribution in [0.4, 0.5) is 0 Å². The second-order valence-corrected chi connectivity index (χ2v) is 9.81. The molecule has 2 aromatic rings. The molecule has 3 saturated heterocycles. The van der Waals surface area contributed by atoms with Gasteiger partial charge in [0, 0.05) is 22.5 Å². The zero-order chi connectivity index (χ0) is 19.0. The summed E-state index contributed by atoms with van der Waals surface area (Å²) in [5, 5.41) is 3.29. The molecule has 1 aromatic heterocycles. The number of rotatable bonds is 5. The van der Waals surface area contributed by atoms with Crippen LogP contribution >= 0.6 is 23.1 Å². The van der Waals surface area contributed by atoms with Gasteiger partial charge in [-0.25, -0.2) is 0 Å². The summed E-state index contributed by atoms with van der Waals surface area (Å²) in [5.41, 5.74) is 0.725. The first-order chi connectivity index (χ1) is 13.0. The lowest BCUT2D eigenvalue weighted by Crippen LogP contribution is -2.62. The number of hydrogen-bond donors (Lipinski definition) is 1. The Balaban J connectivity index is 1.45. The maximum atomic E-state index is 12.8. The highest BCUT2D eigenvalue weighted by Gasteiger charge is 2.40. The van der Waals surface area contributed by atoms with Gasteiger partial charge in [-0.05, 0) is 63.9 Å². The molecule has 5 rings (SSSR count). The number of amides is 1. The quantitative estimate of drug-likeness (QED) is 0.760. The van der Waals surface area contributed by atoms with Gasteiger partial charge in [0.1, 0.15) is 0 Å². The zero-order valence-electron chi connectivity index (χ0n) is 15.6. The largest absolute Gasteiger partial charge is 0.347 e. The van der Waals surface area contributed by atoms with E-state index < -0.39 is 0 Å². The maximum Gasteiger partial charge on any atom is 0.261 e. The maximum absolute atomic E-state index is 12.8. The number of benzene rings is 1. The first kappa shape index (κ1) is 18.7. The summed E-state index contributed by atoms with van der Waals surface area (Å²) in [7, 11) is 0. The van der Waals surface area contributed by atoms with Crippen LogP contribution in [0.25, 0.3) is 0 Å². The molecule has 1 amide bonds. The summed E-state index contributed by atoms with van der Waals surface area (Å²) < 4.78 is 1.02. The number of carbonyl (C=O) groups is 2. The molecule has 0 radical (unpaired) electrons. The summed E-state index contributed by atoms with van der Waals surface area (Å²) in [4.78, 5) is 28.8. The lowest BCUT2D eigenvalue weighted by molar-refractivity contribution is 0.0218. The first-order valence-electron chi connectivity index (χ1n) is 9.45. The van der Waals surface area contributed by atoms with Crippen molar-refractivity contribution in [2.45, 2.75) is 47.9 Å². The van der Waals surface area contributed by atoms with Crippen LogP contribution in [0.1, 0.15) is 46.7 Å². The van der Waals surface area contributed by atoms with Crippen LogP contribution < -0.4 is 5.32 Å². The predicted octanol–water partition coefficient (Wildman–Crippen LogP) is 4.31. The summed E-state index contributed by atoms with van der Waals surface area (Å²) in [6, 6.07) is 12.1. The van der Waals surface area contributed by atoms with Gasteiger partial charge in [0.2, 0.25) is 0 Å². The smallest absolute Gasteiger partial charge is 0.261 e. The highest BCUT2D eigenvalue weighted by molar-refractivity contribution is 8.01. The van der Waals surface area contributed by atoms with E-state index in [1.807, 2.05) is 36.4 Å². The third-order valence-corrected chi connectivity index (χ3v) is 8.05. The molecule has 0 saturated carbocycles. The number of Topliss-reactive ketones (excluding diaryl/α,β-unsaturated/α-hetero) is 1. The molecule has 3 fully saturated rings. The van der Waals surface area contributed by atoms with E-state index >= 15 is 0 Å². The Morgan fingerprint density at radius 3 is 2.59 bits per heavy atom. The molecular formula is C21H24N2O2S2. The molecule has 142 valence electrons. The molecule has 3 aliphatic rings. The lowest BCUT2D eigenvalue weighted by atomic mass is 9.79. The molecule has 27 heavy (non-hydrogen) atoms. The standard InChI is InChI=1S/C21H24N2O2S2/c1-13-20(15-9-11-23(13)12-10-15)22-21(25)18-7-8-19(27-18)26-17-6-4-3-5-16(17)14(2)24/h3-8,13,15,20H,9-12H2,1-2H3,(H,22,25)/t13-,20-/m0/s1. The van der Waals surface area contributed by atoms with Crippen molar-refractivity contribution in [2.75, 3.05) is 13.1 Å². The fraction of sp³-hybridized carbons (Fsp3) is 0.429. The van der Waals surface area contributed by atoms with E-state index in [0.29, 0.717) is 12.0 Å². The van der Waals surface area contributed by atoms with E-state index in [0.717, 1.165) is 32.6 Å². The Kier molecular flexibility index (Phi) is 5.39. The number of piperidine rings is 3. The monoisotopic (exact) mass is 400 g/mol. The third-order valence-electron chi connectivity index (χ3n) is 5.76. The Labute approximate surface area is 168 Å². The van der Waals surface area contributed by atoms with Gasteiger partial charge in [-0.15, -0.1) is 11.3 Å². The average Bonchev–Trinajstić information content (AvgIpc) is 3.14. The summed E-state index contributed by atoms with van der Waals surface area (Å²) in [6.45, 7) is 6.13. The van der Waals surface area contributed by atoms with Crippen molar-refractivity contribution in [2.24, 2.45) is 5.92 Å². The molecule has 4 nitrogen and oxygen atoms in total. The molecule has 4 heterocycles. The first-order valence-corrected chi connectivity index (χ1v) is 11.1. The van der Waals surface area contributed by atoms with Crippen molar-refractivity contribution >= 4 is 34.8 Å². The van der Waals surface area contributed by atoms with E-state index in [-0.39, 0.29) is 17.7 Å². The molecular weight excluding hydrogens is 376 g/mol. The van der Waals surface area contributed by atoms with Gasteiger partial charge >= 0.3 is 0 Å². The number of fused-ring (bicyclic) bond motifs is 3. The average molecular weight is 401 g/mol. The molecule has 0 spiro atoms. The van der Waals surface area contributed by atoms with Crippen LogP contribution in [0, 0.1) is 5.92 Å². The number of nitrogens with zero attached hydrogens (tertiary/aromatic N) is 1. The van der Waals surface area contributed by atoms with E-state index in [1.165, 1.54) is 24.2 Å². The molecule has 2 bridgehead atoms. The van der Waals surface area contributed by atoms with Crippen molar-refractivity contribution in [3.05, 3.63) is 46.8 Å². The SMILES string of the molecule is CC(=O)c1ccccc1Sc1ccc(C(=O)N[C@@H]2C3CCN(CC3)[C@H]2C)s1. The zero-order valence-corrected chi connectivity index (χ0v) is 17.2. The van der Waals surface area contributed by atoms with Crippen LogP contribution in [0.15, 0.2) is 45.5 Å². The number of carbonyl (C=O) groups excluding carboxylic acids is 2. The van der Waals surface area contributed by atoms with Crippen LogP contribution in [0.5, 0.6) is 0 Å². The van der Waals surface area contributed by atoms with Crippen molar-refractivity contribution in [1.82, 2.24) is 10.2 Å². The second-order valence-electron chi connectivity index (χ2n) is 7.39. The van der Waals surface area contributed by atoms with Gasteiger partial charge < -0.3 is 5.32 Å². The highest BCUT2D eigenvalue weighted by Crippen LogP contribution is 2.36. The van der Waals surface area contributed by atoms with E-state index in [1.54, 1.807) is 18.7 Å². The molecule has 1 aromatic carbocycles. The van der Waals surface area contributed by atoms with Crippen LogP contribution in [0.2, 0.25) is 0 Å². The van der Waals surface area contributed by atoms with E-state index in [2.05, 4.69) is 17.1 Å². The fourth-order valence-corrected chi connectivity index (χ4v) is 6.39. The Hall–Kier alpha value is -1.63. The van der Waals surface area contributed by atoms with E-state index in [9.17, 15) is 9.59 Å². The predicted molar refractivity (Wildman–Crippen MR) is 110 cm³/mol. The Morgan fingerprint density at radius 2 is 1.89 bits per heavy atom. The van der Waals surface area contributed by atoms with Gasteiger partial charge in [0.05, 0.1) is 9.09 Å². The molecule has 0 unspecified atom stereocenters. The van der Waals surface area contributed by atoms with Gasteiger partial charge in [-0.1, -0.05) is 30.0 Å². The second kappa shape index (κ2) is 7.78. The Morgan fingerprint density at radius 1 is 1.15 bits per heavy atom. The molecule has 1 N–H and O–H groups in total. The van der Waals surface area contributed by atoms with E-state index in [4.69, 9.17) is 0 Å². The molecule has 3 aliphatic heterocycles. The summed E-state index contributed by atoms with van der Waals surface area (Å²) in [6.07, 6.45) is 2.37. The van der Waals surface area contributed by atoms with Gasteiger partial charge in [-0.2, -0.15) is 0 Å². The summed E-state index contributed by atoms with van der Waals surface area (Å²) in [5.74, 6) is 0.687.